The number of benzene rings is 1. The summed E-state index contributed by atoms with van der Waals surface area (Å²) in [6.45, 7) is 0. The van der Waals surface area contributed by atoms with E-state index in [1.54, 1.807) is 18.2 Å². The van der Waals surface area contributed by atoms with Gasteiger partial charge >= 0.3 is 37.5 Å². The molecule has 0 radical (unpaired) electrons. The average Bonchev–Trinajstić information content (AvgIpc) is 2.06. The molecule has 1 aromatic carbocycles. The van der Waals surface area contributed by atoms with Crippen LogP contribution in [0.25, 0.3) is 0 Å². The van der Waals surface area contributed by atoms with Crippen molar-refractivity contribution in [1.29, 1.82) is 0 Å². The Morgan fingerprint density at radius 2 is 1.69 bits per heavy atom. The quantitative estimate of drug-likeness (QED) is 0.506. The smallest absolute Gasteiger partial charge is 0.282 e. The molecule has 0 aliphatic heterocycles. The fraction of sp³-hybridized carbons (Fsp3) is 0.143. The molecule has 0 aliphatic carbocycles. The minimum Gasteiger partial charge on any atom is -0.282 e. The normalized spacial score (nSPS) is 10.2. The van der Waals surface area contributed by atoms with Crippen LogP contribution < -0.4 is 5.73 Å². The van der Waals surface area contributed by atoms with E-state index in [9.17, 15) is 8.42 Å². The molecule has 0 heterocycles. The SMILES string of the molecule is N[CH2][Na].O=S(=O)(O)c1ccccc1. The first kappa shape index (κ1) is 13.1. The van der Waals surface area contributed by atoms with Gasteiger partial charge in [-0.05, 0) is 12.1 Å². The van der Waals surface area contributed by atoms with E-state index in [1.807, 2.05) is 0 Å². The summed E-state index contributed by atoms with van der Waals surface area (Å²) in [6, 6.07) is 7.42. The minimum atomic E-state index is -4.00. The second-order valence-corrected chi connectivity index (χ2v) is 4.43. The molecule has 0 spiro atoms. The van der Waals surface area contributed by atoms with Gasteiger partial charge in [-0.25, -0.2) is 0 Å². The van der Waals surface area contributed by atoms with Crippen molar-refractivity contribution >= 4 is 38.0 Å². The van der Waals surface area contributed by atoms with Gasteiger partial charge in [0.05, 0.1) is 4.90 Å². The molecule has 0 unspecified atom stereocenters. The van der Waals surface area contributed by atoms with Crippen molar-refractivity contribution in [3.63, 3.8) is 0 Å². The van der Waals surface area contributed by atoms with Gasteiger partial charge in [-0.1, -0.05) is 18.2 Å². The third kappa shape index (κ3) is 6.20. The van der Waals surface area contributed by atoms with Crippen molar-refractivity contribution in [2.24, 2.45) is 5.73 Å². The van der Waals surface area contributed by atoms with Crippen LogP contribution >= 0.6 is 0 Å². The molecule has 6 heteroatoms. The van der Waals surface area contributed by atoms with E-state index in [-0.39, 0.29) is 4.90 Å². The third-order valence-corrected chi connectivity index (χ3v) is 1.91. The average molecular weight is 211 g/mol. The Morgan fingerprint density at radius 1 is 1.31 bits per heavy atom. The molecule has 13 heavy (non-hydrogen) atoms. The van der Waals surface area contributed by atoms with Gasteiger partial charge in [0.25, 0.3) is 10.1 Å². The molecule has 68 valence electrons. The molecule has 1 aromatic rings. The van der Waals surface area contributed by atoms with E-state index in [4.69, 9.17) is 10.3 Å². The molecule has 0 fully saturated rings. The van der Waals surface area contributed by atoms with Crippen LogP contribution in [0.15, 0.2) is 35.2 Å². The van der Waals surface area contributed by atoms with Crippen LogP contribution in [0.1, 0.15) is 0 Å². The Kier molecular flexibility index (Phi) is 6.58. The van der Waals surface area contributed by atoms with Crippen molar-refractivity contribution < 1.29 is 13.0 Å². The Labute approximate surface area is 95.3 Å². The van der Waals surface area contributed by atoms with E-state index in [2.05, 4.69) is 0 Å². The summed E-state index contributed by atoms with van der Waals surface area (Å²) in [4.78, 5) is -0.0741. The maximum absolute atomic E-state index is 10.4. The van der Waals surface area contributed by atoms with Gasteiger partial charge < -0.3 is 0 Å². The molecule has 4 nitrogen and oxygen atoms in total. The number of hydrogen-bond acceptors (Lipinski definition) is 3. The van der Waals surface area contributed by atoms with Crippen molar-refractivity contribution in [2.75, 3.05) is 3.79 Å². The van der Waals surface area contributed by atoms with E-state index >= 15 is 0 Å². The maximum Gasteiger partial charge on any atom is 0.294 e. The summed E-state index contributed by atoms with van der Waals surface area (Å²) in [5.41, 5.74) is 4.91. The van der Waals surface area contributed by atoms with Gasteiger partial charge in [-0.3, -0.25) is 4.55 Å². The van der Waals surface area contributed by atoms with Crippen LogP contribution in [0.5, 0.6) is 0 Å². The van der Waals surface area contributed by atoms with Crippen LogP contribution in [-0.2, 0) is 10.1 Å². The second-order valence-electron chi connectivity index (χ2n) is 2.20. The van der Waals surface area contributed by atoms with Crippen LogP contribution in [-0.4, -0.2) is 44.7 Å². The summed E-state index contributed by atoms with van der Waals surface area (Å²) in [5, 5.41) is 0. The van der Waals surface area contributed by atoms with Crippen molar-refractivity contribution in [3.05, 3.63) is 30.3 Å². The summed E-state index contributed by atoms with van der Waals surface area (Å²) in [7, 11) is -4.00. The first-order valence-corrected chi connectivity index (χ1v) is 6.60. The van der Waals surface area contributed by atoms with Gasteiger partial charge in [-0.15, -0.1) is 0 Å². The zero-order chi connectivity index (χ0) is 10.3. The van der Waals surface area contributed by atoms with Crippen LogP contribution in [0.3, 0.4) is 0 Å². The Balaban J connectivity index is 0.000000424. The second kappa shape index (κ2) is 6.53. The molecule has 0 bridgehead atoms. The first-order valence-electron chi connectivity index (χ1n) is 3.75. The van der Waals surface area contributed by atoms with Gasteiger partial charge in [0.1, 0.15) is 0 Å². The van der Waals surface area contributed by atoms with E-state index in [0.717, 1.165) is 31.7 Å². The maximum atomic E-state index is 10.4. The summed E-state index contributed by atoms with van der Waals surface area (Å²) >= 11 is 1.15. The number of nitrogens with two attached hydrogens (primary N) is 1. The molecule has 0 atom stereocenters. The van der Waals surface area contributed by atoms with Crippen molar-refractivity contribution in [2.45, 2.75) is 4.90 Å². The Bertz CT molecular complexity index is 325. The zero-order valence-corrected chi connectivity index (χ0v) is 10.2. The predicted octanol–water partition coefficient (Wildman–Crippen LogP) is 0.00440. The van der Waals surface area contributed by atoms with Gasteiger partial charge in [-0.2, -0.15) is 8.42 Å². The van der Waals surface area contributed by atoms with Crippen LogP contribution in [0, 0.1) is 0 Å². The molecule has 0 saturated carbocycles. The largest absolute Gasteiger partial charge is 0.294 e. The molecule has 0 saturated heterocycles. The number of rotatable bonds is 1. The monoisotopic (exact) mass is 211 g/mol. The molecule has 3 N–H and O–H groups in total. The van der Waals surface area contributed by atoms with E-state index in [1.165, 1.54) is 12.1 Å². The standard InChI is InChI=1S/C6H6O3S.CH4N.Na/c7-10(8,9)6-4-2-1-3-5-6;1-2;/h1-5H,(H,7,8,9);1-2H2;. The number of hydrogen-bond donors (Lipinski definition) is 2. The third-order valence-electron chi connectivity index (χ3n) is 1.04. The Morgan fingerprint density at radius 3 is 1.92 bits per heavy atom. The molecular formula is C7H10NNaO3S. The molecular weight excluding hydrogens is 201 g/mol. The predicted molar refractivity (Wildman–Crippen MR) is 51.1 cm³/mol. The first-order chi connectivity index (χ1) is 6.02. The zero-order valence-electron chi connectivity index (χ0n) is 7.34. The van der Waals surface area contributed by atoms with E-state index in [0.29, 0.717) is 0 Å². The minimum absolute atomic E-state index is 0.0741. The summed E-state index contributed by atoms with van der Waals surface area (Å²) in [6.07, 6.45) is 0. The van der Waals surface area contributed by atoms with Crippen LogP contribution in [0.2, 0.25) is 0 Å². The molecule has 0 amide bonds. The topological polar surface area (TPSA) is 80.4 Å². The van der Waals surface area contributed by atoms with Gasteiger partial charge in [0.2, 0.25) is 0 Å². The fourth-order valence-electron chi connectivity index (χ4n) is 0.592. The van der Waals surface area contributed by atoms with Gasteiger partial charge in [0.15, 0.2) is 0 Å². The summed E-state index contributed by atoms with van der Waals surface area (Å²) in [5.74, 6) is 0. The fourth-order valence-corrected chi connectivity index (χ4v) is 1.09. The molecule has 0 aliphatic rings. The van der Waals surface area contributed by atoms with E-state index < -0.39 is 10.1 Å². The molecule has 1 rings (SSSR count). The molecule has 0 aromatic heterocycles. The van der Waals surface area contributed by atoms with Crippen molar-refractivity contribution in [3.8, 4) is 0 Å². The summed E-state index contributed by atoms with van der Waals surface area (Å²) < 4.78 is 30.1. The van der Waals surface area contributed by atoms with Crippen LogP contribution in [0.4, 0.5) is 0 Å². The van der Waals surface area contributed by atoms with Gasteiger partial charge in [0, 0.05) is 0 Å². The Hall–Kier alpha value is 0.0900. The van der Waals surface area contributed by atoms with Crippen molar-refractivity contribution in [1.82, 2.24) is 0 Å².